The highest BCUT2D eigenvalue weighted by molar-refractivity contribution is 7.91. The maximum Gasteiger partial charge on any atom is 0.416 e. The van der Waals surface area contributed by atoms with Crippen LogP contribution in [-0.2, 0) is 25.5 Å². The fourth-order valence-corrected chi connectivity index (χ4v) is 6.66. The van der Waals surface area contributed by atoms with E-state index in [1.165, 1.54) is 6.92 Å². The number of hydrogen-bond acceptors (Lipinski definition) is 5. The molecule has 3 atom stereocenters. The summed E-state index contributed by atoms with van der Waals surface area (Å²) in [5.74, 6) is -4.66. The van der Waals surface area contributed by atoms with Crippen LogP contribution in [0.2, 0.25) is 0 Å². The molecular weight excluding hydrogens is 495 g/mol. The highest BCUT2D eigenvalue weighted by atomic mass is 32.2. The molecule has 0 spiro atoms. The molecule has 0 amide bonds. The molecule has 0 N–H and O–H groups in total. The lowest BCUT2D eigenvalue weighted by Crippen LogP contribution is -2.47. The molecule has 2 aromatic carbocycles. The quantitative estimate of drug-likeness (QED) is 0.337. The largest absolute Gasteiger partial charge is 0.490 e. The van der Waals surface area contributed by atoms with Crippen molar-refractivity contribution in [2.75, 3.05) is 13.7 Å². The topological polar surface area (TPSA) is 69.7 Å². The third-order valence-corrected chi connectivity index (χ3v) is 8.68. The van der Waals surface area contributed by atoms with Gasteiger partial charge in [0.1, 0.15) is 11.1 Å². The molecule has 3 unspecified atom stereocenters. The van der Waals surface area contributed by atoms with Gasteiger partial charge in [-0.3, -0.25) is 4.79 Å². The van der Waals surface area contributed by atoms with Crippen molar-refractivity contribution in [2.45, 2.75) is 49.4 Å². The molecule has 0 radical (unpaired) electrons. The molecule has 0 aromatic heterocycles. The maximum absolute atomic E-state index is 15.1. The summed E-state index contributed by atoms with van der Waals surface area (Å²) in [6.45, 7) is 2.88. The van der Waals surface area contributed by atoms with Crippen LogP contribution < -0.4 is 4.74 Å². The molecule has 192 valence electrons. The standard InChI is InChI=1S/C24H25F5O5S/c1-4-5-12-23(2,22(30)33-3)16-13-34-20-18(26)11-10-17(25)19(20)21(16)35(31,32)15-8-6-14(7-9-15)24(27,28)29/h6-11,16,21H,4-5,12-13H2,1-3H3. The van der Waals surface area contributed by atoms with Gasteiger partial charge in [-0.15, -0.1) is 0 Å². The Bertz CT molecular complexity index is 1190. The van der Waals surface area contributed by atoms with Crippen molar-refractivity contribution in [2.24, 2.45) is 11.3 Å². The number of benzene rings is 2. The van der Waals surface area contributed by atoms with Gasteiger partial charge >= 0.3 is 12.1 Å². The maximum atomic E-state index is 15.1. The van der Waals surface area contributed by atoms with E-state index in [1.54, 1.807) is 0 Å². The van der Waals surface area contributed by atoms with E-state index in [0.717, 1.165) is 31.4 Å². The third-order valence-electron chi connectivity index (χ3n) is 6.52. The van der Waals surface area contributed by atoms with Gasteiger partial charge in [-0.25, -0.2) is 17.2 Å². The van der Waals surface area contributed by atoms with Crippen molar-refractivity contribution in [1.29, 1.82) is 0 Å². The lowest BCUT2D eigenvalue weighted by atomic mass is 9.70. The summed E-state index contributed by atoms with van der Waals surface area (Å²) in [6.07, 6.45) is -3.39. The SMILES string of the molecule is CCCCC(C)(C(=O)OC)C1COc2c(F)ccc(F)c2C1S(=O)(=O)c1ccc(C(F)(F)F)cc1. The Morgan fingerprint density at radius 2 is 1.69 bits per heavy atom. The zero-order valence-electron chi connectivity index (χ0n) is 19.3. The number of unbranched alkanes of at least 4 members (excludes halogenated alkanes) is 1. The molecule has 5 nitrogen and oxygen atoms in total. The summed E-state index contributed by atoms with van der Waals surface area (Å²) in [6, 6.07) is 4.26. The Kier molecular flexibility index (Phi) is 7.50. The number of carbonyl (C=O) groups excluding carboxylic acids is 1. The minimum atomic E-state index is -4.70. The Balaban J connectivity index is 2.26. The van der Waals surface area contributed by atoms with Crippen molar-refractivity contribution in [1.82, 2.24) is 0 Å². The van der Waals surface area contributed by atoms with Crippen LogP contribution in [0.15, 0.2) is 41.3 Å². The molecule has 0 aliphatic carbocycles. The first kappa shape index (κ1) is 26.9. The number of methoxy groups -OCH3 is 1. The average molecular weight is 521 g/mol. The molecule has 1 aliphatic rings. The van der Waals surface area contributed by atoms with E-state index in [0.29, 0.717) is 25.0 Å². The minimum absolute atomic E-state index is 0.162. The van der Waals surface area contributed by atoms with Crippen LogP contribution in [0.3, 0.4) is 0 Å². The number of halogens is 5. The molecule has 2 aromatic rings. The number of esters is 1. The molecule has 35 heavy (non-hydrogen) atoms. The van der Waals surface area contributed by atoms with E-state index >= 15 is 4.39 Å². The number of alkyl halides is 3. The van der Waals surface area contributed by atoms with Crippen LogP contribution in [0.25, 0.3) is 0 Å². The Labute approximate surface area is 200 Å². The van der Waals surface area contributed by atoms with Crippen molar-refractivity contribution >= 4 is 15.8 Å². The van der Waals surface area contributed by atoms with Gasteiger partial charge < -0.3 is 9.47 Å². The van der Waals surface area contributed by atoms with Gasteiger partial charge in [-0.1, -0.05) is 19.8 Å². The lowest BCUT2D eigenvalue weighted by molar-refractivity contribution is -0.157. The first-order valence-electron chi connectivity index (χ1n) is 10.9. The van der Waals surface area contributed by atoms with E-state index in [-0.39, 0.29) is 6.42 Å². The van der Waals surface area contributed by atoms with E-state index < -0.39 is 78.6 Å². The minimum Gasteiger partial charge on any atom is -0.490 e. The average Bonchev–Trinajstić information content (AvgIpc) is 2.83. The summed E-state index contributed by atoms with van der Waals surface area (Å²) in [5.41, 5.74) is -3.15. The summed E-state index contributed by atoms with van der Waals surface area (Å²) in [7, 11) is -3.51. The fourth-order valence-electron chi connectivity index (χ4n) is 4.51. The summed E-state index contributed by atoms with van der Waals surface area (Å²) < 4.78 is 107. The van der Waals surface area contributed by atoms with E-state index in [4.69, 9.17) is 9.47 Å². The fraction of sp³-hybridized carbons (Fsp3) is 0.458. The highest BCUT2D eigenvalue weighted by Crippen LogP contribution is 2.53. The van der Waals surface area contributed by atoms with Crippen LogP contribution >= 0.6 is 0 Å². The smallest absolute Gasteiger partial charge is 0.416 e. The van der Waals surface area contributed by atoms with Crippen LogP contribution in [0, 0.1) is 23.0 Å². The molecule has 1 aliphatic heterocycles. The zero-order chi connectivity index (χ0) is 26.2. The highest BCUT2D eigenvalue weighted by Gasteiger charge is 2.54. The van der Waals surface area contributed by atoms with Crippen LogP contribution in [0.4, 0.5) is 22.0 Å². The van der Waals surface area contributed by atoms with E-state index in [1.807, 2.05) is 6.92 Å². The van der Waals surface area contributed by atoms with Gasteiger partial charge in [0.25, 0.3) is 0 Å². The van der Waals surface area contributed by atoms with Crippen molar-refractivity contribution in [3.63, 3.8) is 0 Å². The number of fused-ring (bicyclic) bond motifs is 1. The molecule has 0 bridgehead atoms. The monoisotopic (exact) mass is 520 g/mol. The van der Waals surface area contributed by atoms with Crippen LogP contribution in [-0.4, -0.2) is 28.1 Å². The van der Waals surface area contributed by atoms with Crippen molar-refractivity contribution in [3.05, 3.63) is 59.2 Å². The lowest BCUT2D eigenvalue weighted by Gasteiger charge is -2.42. The van der Waals surface area contributed by atoms with E-state index in [2.05, 4.69) is 0 Å². The van der Waals surface area contributed by atoms with Gasteiger partial charge in [-0.2, -0.15) is 13.2 Å². The van der Waals surface area contributed by atoms with Crippen molar-refractivity contribution < 1.29 is 44.6 Å². The number of sulfone groups is 1. The summed E-state index contributed by atoms with van der Waals surface area (Å²) in [5, 5.41) is -1.82. The molecule has 11 heteroatoms. The predicted molar refractivity (Wildman–Crippen MR) is 116 cm³/mol. The van der Waals surface area contributed by atoms with E-state index in [9.17, 15) is 30.8 Å². The summed E-state index contributed by atoms with van der Waals surface area (Å²) >= 11 is 0. The number of ether oxygens (including phenoxy) is 2. The molecule has 3 rings (SSSR count). The second-order valence-corrected chi connectivity index (χ2v) is 10.8. The Hall–Kier alpha value is -2.69. The zero-order valence-corrected chi connectivity index (χ0v) is 20.1. The Morgan fingerprint density at radius 1 is 1.09 bits per heavy atom. The van der Waals surface area contributed by atoms with Crippen molar-refractivity contribution in [3.8, 4) is 5.75 Å². The third kappa shape index (κ3) is 4.87. The number of carbonyl (C=O) groups is 1. The second kappa shape index (κ2) is 9.75. The normalized spacial score (nSPS) is 19.9. The molecule has 0 fully saturated rings. The molecule has 0 saturated carbocycles. The second-order valence-electron chi connectivity index (χ2n) is 8.69. The van der Waals surface area contributed by atoms with Gasteiger partial charge in [-0.05, 0) is 49.7 Å². The molecule has 1 heterocycles. The molecule has 0 saturated heterocycles. The van der Waals surface area contributed by atoms with Gasteiger partial charge in [0.2, 0.25) is 0 Å². The Morgan fingerprint density at radius 3 is 2.23 bits per heavy atom. The predicted octanol–water partition coefficient (Wildman–Crippen LogP) is 5.88. The van der Waals surface area contributed by atoms with Crippen LogP contribution in [0.1, 0.15) is 49.5 Å². The number of rotatable bonds is 7. The van der Waals surface area contributed by atoms with Gasteiger partial charge in [0.15, 0.2) is 21.4 Å². The van der Waals surface area contributed by atoms with Gasteiger partial charge in [0, 0.05) is 5.92 Å². The summed E-state index contributed by atoms with van der Waals surface area (Å²) in [4.78, 5) is 12.4. The van der Waals surface area contributed by atoms with Gasteiger partial charge in [0.05, 0.1) is 35.2 Å². The van der Waals surface area contributed by atoms with Crippen LogP contribution in [0.5, 0.6) is 5.75 Å². The first-order chi connectivity index (χ1) is 16.3. The first-order valence-corrected chi connectivity index (χ1v) is 12.4. The number of hydrogen-bond donors (Lipinski definition) is 0. The molecular formula is C24H25F5O5S.